The van der Waals surface area contributed by atoms with Gasteiger partial charge in [0, 0.05) is 13.1 Å². The minimum Gasteiger partial charge on any atom is -0.467 e. The van der Waals surface area contributed by atoms with Crippen molar-refractivity contribution in [2.24, 2.45) is 0 Å². The number of anilines is 1. The third-order valence-corrected chi connectivity index (χ3v) is 4.87. The molecule has 0 atom stereocenters. The summed E-state index contributed by atoms with van der Waals surface area (Å²) in [5.41, 5.74) is -0.149. The van der Waals surface area contributed by atoms with E-state index in [2.05, 4.69) is 25.1 Å². The smallest absolute Gasteiger partial charge is 0.305 e. The maximum absolute atomic E-state index is 10.7. The van der Waals surface area contributed by atoms with Gasteiger partial charge >= 0.3 is 5.69 Å². The molecular weight excluding hydrogens is 358 g/mol. The number of furan rings is 1. The van der Waals surface area contributed by atoms with Gasteiger partial charge in [0.15, 0.2) is 5.16 Å². The molecule has 4 heterocycles. The second-order valence-electron chi connectivity index (χ2n) is 5.73. The predicted molar refractivity (Wildman–Crippen MR) is 92.1 cm³/mol. The standard InChI is InChI=1S/C15H15N7O3S/c23-22(24)11-8-16-13(17-9-11)26-15-19-18-14(20-5-1-2-6-20)21(15)10-12-4-3-7-25-12/h3-4,7-9H,1-2,5-6,10H2. The number of aromatic nitrogens is 5. The fraction of sp³-hybridized carbons (Fsp3) is 0.333. The number of hydrogen-bond donors (Lipinski definition) is 0. The number of nitro groups is 1. The number of hydrogen-bond acceptors (Lipinski definition) is 9. The molecule has 1 fully saturated rings. The van der Waals surface area contributed by atoms with Crippen molar-refractivity contribution in [1.29, 1.82) is 0 Å². The zero-order valence-electron chi connectivity index (χ0n) is 13.7. The van der Waals surface area contributed by atoms with Crippen LogP contribution in [0.15, 0.2) is 45.5 Å². The molecule has 11 heteroatoms. The molecule has 0 saturated carbocycles. The molecule has 0 N–H and O–H groups in total. The van der Waals surface area contributed by atoms with Crippen LogP contribution in [0.1, 0.15) is 18.6 Å². The van der Waals surface area contributed by atoms with Gasteiger partial charge in [-0.25, -0.2) is 9.97 Å². The molecule has 10 nitrogen and oxygen atoms in total. The first-order valence-corrected chi connectivity index (χ1v) is 8.87. The molecule has 134 valence electrons. The third kappa shape index (κ3) is 3.38. The van der Waals surface area contributed by atoms with Crippen molar-refractivity contribution in [1.82, 2.24) is 24.7 Å². The van der Waals surface area contributed by atoms with E-state index in [-0.39, 0.29) is 5.69 Å². The van der Waals surface area contributed by atoms with Gasteiger partial charge in [0.2, 0.25) is 11.1 Å². The summed E-state index contributed by atoms with van der Waals surface area (Å²) in [7, 11) is 0. The van der Waals surface area contributed by atoms with Crippen LogP contribution in [-0.2, 0) is 6.54 Å². The van der Waals surface area contributed by atoms with E-state index in [1.807, 2.05) is 16.7 Å². The molecule has 0 radical (unpaired) electrons. The molecule has 4 rings (SSSR count). The lowest BCUT2D eigenvalue weighted by molar-refractivity contribution is -0.385. The van der Waals surface area contributed by atoms with Gasteiger partial charge in [0.05, 0.1) is 17.7 Å². The maximum Gasteiger partial charge on any atom is 0.305 e. The van der Waals surface area contributed by atoms with Crippen LogP contribution >= 0.6 is 11.8 Å². The molecule has 26 heavy (non-hydrogen) atoms. The highest BCUT2D eigenvalue weighted by Crippen LogP contribution is 2.29. The Kier molecular flexibility index (Phi) is 4.52. The van der Waals surface area contributed by atoms with Crippen molar-refractivity contribution >= 4 is 23.4 Å². The first-order chi connectivity index (χ1) is 12.7. The minimum absolute atomic E-state index is 0.149. The Morgan fingerprint density at radius 1 is 1.23 bits per heavy atom. The van der Waals surface area contributed by atoms with E-state index >= 15 is 0 Å². The first kappa shape index (κ1) is 16.5. The summed E-state index contributed by atoms with van der Waals surface area (Å²) >= 11 is 1.21. The summed E-state index contributed by atoms with van der Waals surface area (Å²) < 4.78 is 7.42. The summed E-state index contributed by atoms with van der Waals surface area (Å²) in [6, 6.07) is 3.73. The Labute approximate surface area is 152 Å². The molecule has 0 unspecified atom stereocenters. The van der Waals surface area contributed by atoms with Crippen molar-refractivity contribution in [2.75, 3.05) is 18.0 Å². The molecule has 1 aliphatic rings. The van der Waals surface area contributed by atoms with Gasteiger partial charge in [-0.05, 0) is 36.7 Å². The Morgan fingerprint density at radius 3 is 2.65 bits per heavy atom. The SMILES string of the molecule is O=[N+]([O-])c1cnc(Sc2nnc(N3CCCC3)n2Cc2ccco2)nc1. The van der Waals surface area contributed by atoms with E-state index in [1.165, 1.54) is 24.2 Å². The third-order valence-electron chi connectivity index (χ3n) is 3.99. The average molecular weight is 373 g/mol. The van der Waals surface area contributed by atoms with Crippen molar-refractivity contribution in [3.05, 3.63) is 46.7 Å². The quantitative estimate of drug-likeness (QED) is 0.364. The highest BCUT2D eigenvalue weighted by Gasteiger charge is 2.23. The molecule has 1 aliphatic heterocycles. The lowest BCUT2D eigenvalue weighted by Crippen LogP contribution is -2.22. The van der Waals surface area contributed by atoms with Crippen LogP contribution in [0.3, 0.4) is 0 Å². The van der Waals surface area contributed by atoms with Crippen molar-refractivity contribution < 1.29 is 9.34 Å². The summed E-state index contributed by atoms with van der Waals surface area (Å²) in [4.78, 5) is 20.5. The van der Waals surface area contributed by atoms with Crippen LogP contribution in [0.5, 0.6) is 0 Å². The Bertz CT molecular complexity index is 889. The Morgan fingerprint density at radius 2 is 2.00 bits per heavy atom. The second-order valence-corrected chi connectivity index (χ2v) is 6.66. The molecule has 3 aromatic heterocycles. The summed E-state index contributed by atoms with van der Waals surface area (Å²) in [6.07, 6.45) is 6.25. The van der Waals surface area contributed by atoms with Gasteiger partial charge in [-0.15, -0.1) is 10.2 Å². The Balaban J connectivity index is 1.63. The largest absolute Gasteiger partial charge is 0.467 e. The van der Waals surface area contributed by atoms with E-state index in [0.29, 0.717) is 16.9 Å². The monoisotopic (exact) mass is 373 g/mol. The fourth-order valence-corrected chi connectivity index (χ4v) is 3.45. The first-order valence-electron chi connectivity index (χ1n) is 8.05. The minimum atomic E-state index is -0.528. The summed E-state index contributed by atoms with van der Waals surface area (Å²) in [6.45, 7) is 2.37. The summed E-state index contributed by atoms with van der Waals surface area (Å²) in [5, 5.41) is 20.3. The average Bonchev–Trinajstić information content (AvgIpc) is 3.39. The van der Waals surface area contributed by atoms with Gasteiger partial charge < -0.3 is 9.32 Å². The van der Waals surface area contributed by atoms with Crippen molar-refractivity contribution in [2.45, 2.75) is 29.7 Å². The molecule has 0 spiro atoms. The van der Waals surface area contributed by atoms with E-state index in [9.17, 15) is 10.1 Å². The zero-order chi connectivity index (χ0) is 17.9. The van der Waals surface area contributed by atoms with Gasteiger partial charge in [0.1, 0.15) is 18.2 Å². The molecule has 1 saturated heterocycles. The highest BCUT2D eigenvalue weighted by atomic mass is 32.2. The van der Waals surface area contributed by atoms with Crippen LogP contribution in [-0.4, -0.2) is 42.7 Å². The van der Waals surface area contributed by atoms with Crippen LogP contribution in [0.25, 0.3) is 0 Å². The van der Waals surface area contributed by atoms with Crippen LogP contribution in [0, 0.1) is 10.1 Å². The molecule has 0 amide bonds. The normalized spacial score (nSPS) is 14.1. The topological polar surface area (TPSA) is 116 Å². The van der Waals surface area contributed by atoms with Gasteiger partial charge in [-0.1, -0.05) is 0 Å². The van der Waals surface area contributed by atoms with E-state index in [0.717, 1.165) is 37.6 Å². The highest BCUT2D eigenvalue weighted by molar-refractivity contribution is 7.99. The molecule has 0 aliphatic carbocycles. The fourth-order valence-electron chi connectivity index (χ4n) is 2.74. The lowest BCUT2D eigenvalue weighted by atomic mass is 10.4. The van der Waals surface area contributed by atoms with Crippen LogP contribution < -0.4 is 4.90 Å². The zero-order valence-corrected chi connectivity index (χ0v) is 14.5. The van der Waals surface area contributed by atoms with E-state index in [1.54, 1.807) is 6.26 Å². The second kappa shape index (κ2) is 7.12. The van der Waals surface area contributed by atoms with Gasteiger partial charge in [-0.2, -0.15) is 0 Å². The molecule has 0 bridgehead atoms. The van der Waals surface area contributed by atoms with Crippen molar-refractivity contribution in [3.63, 3.8) is 0 Å². The van der Waals surface area contributed by atoms with Crippen molar-refractivity contribution in [3.8, 4) is 0 Å². The summed E-state index contributed by atoms with van der Waals surface area (Å²) in [5.74, 6) is 1.57. The van der Waals surface area contributed by atoms with E-state index < -0.39 is 4.92 Å². The van der Waals surface area contributed by atoms with Crippen LogP contribution in [0.2, 0.25) is 0 Å². The lowest BCUT2D eigenvalue weighted by Gasteiger charge is -2.17. The number of nitrogens with zero attached hydrogens (tertiary/aromatic N) is 7. The Hall–Kier alpha value is -2.95. The predicted octanol–water partition coefficient (Wildman–Crippen LogP) is 2.37. The molecular formula is C15H15N7O3S. The van der Waals surface area contributed by atoms with Gasteiger partial charge in [0.25, 0.3) is 0 Å². The number of rotatable bonds is 6. The van der Waals surface area contributed by atoms with Gasteiger partial charge in [-0.3, -0.25) is 14.7 Å². The molecule has 0 aromatic carbocycles. The van der Waals surface area contributed by atoms with E-state index in [4.69, 9.17) is 4.42 Å². The maximum atomic E-state index is 10.7. The molecule has 3 aromatic rings. The van der Waals surface area contributed by atoms with Crippen LogP contribution in [0.4, 0.5) is 11.6 Å².